The van der Waals surface area contributed by atoms with Crippen molar-refractivity contribution in [1.82, 2.24) is 0 Å². The predicted molar refractivity (Wildman–Crippen MR) is 142 cm³/mol. The summed E-state index contributed by atoms with van der Waals surface area (Å²) in [7, 11) is -8.73. The molecule has 0 spiro atoms. The lowest BCUT2D eigenvalue weighted by Crippen LogP contribution is -2.60. The molecular weight excluding hydrogens is 489 g/mol. The molecule has 0 N–H and O–H groups in total. The molecule has 0 aromatic heterocycles. The van der Waals surface area contributed by atoms with Crippen molar-refractivity contribution in [1.29, 1.82) is 0 Å². The van der Waals surface area contributed by atoms with E-state index in [1.165, 1.54) is 6.42 Å². The average molecular weight is 535 g/mol. The van der Waals surface area contributed by atoms with Crippen molar-refractivity contribution in [3.8, 4) is 0 Å². The molecule has 1 saturated carbocycles. The lowest BCUT2D eigenvalue weighted by molar-refractivity contribution is -0.145. The van der Waals surface area contributed by atoms with Crippen LogP contribution in [0.3, 0.4) is 0 Å². The molecule has 192 valence electrons. The van der Waals surface area contributed by atoms with Gasteiger partial charge in [0.05, 0.1) is 6.61 Å². The summed E-state index contributed by atoms with van der Waals surface area (Å²) in [6.07, 6.45) is 8.00. The van der Waals surface area contributed by atoms with E-state index in [1.807, 2.05) is 0 Å². The Morgan fingerprint density at radius 1 is 0.727 bits per heavy atom. The zero-order valence-electron chi connectivity index (χ0n) is 22.2. The average Bonchev–Trinajstić information content (AvgIpc) is 2.60. The van der Waals surface area contributed by atoms with Crippen LogP contribution < -0.4 is 0 Å². The molecule has 1 fully saturated rings. The number of carbonyl (C=O) groups is 2. The Kier molecular flexibility index (Phi) is 11.9. The SMILES string of the molecule is C[Si](C)(C)O[Si](CCCOC(=O)C=CC(=O)OC1CCCCC1)(O[Si](C)(C)C)O[Si](C)(C)C. The van der Waals surface area contributed by atoms with Crippen molar-refractivity contribution in [2.75, 3.05) is 6.61 Å². The van der Waals surface area contributed by atoms with Crippen LogP contribution in [0.1, 0.15) is 38.5 Å². The minimum atomic E-state index is -2.93. The maximum absolute atomic E-state index is 12.1. The van der Waals surface area contributed by atoms with E-state index in [-0.39, 0.29) is 12.7 Å². The van der Waals surface area contributed by atoms with Gasteiger partial charge in [-0.1, -0.05) is 6.42 Å². The molecule has 0 heterocycles. The topological polar surface area (TPSA) is 80.3 Å². The molecule has 0 aromatic rings. The third-order valence-corrected chi connectivity index (χ3v) is 16.5. The van der Waals surface area contributed by atoms with Crippen LogP contribution in [0.25, 0.3) is 0 Å². The van der Waals surface area contributed by atoms with E-state index in [0.29, 0.717) is 12.5 Å². The molecule has 0 bridgehead atoms. The maximum Gasteiger partial charge on any atom is 0.469 e. The van der Waals surface area contributed by atoms with Crippen LogP contribution in [0.15, 0.2) is 12.2 Å². The predicted octanol–water partition coefficient (Wildman–Crippen LogP) is 5.85. The van der Waals surface area contributed by atoms with Crippen LogP contribution in [-0.4, -0.2) is 58.4 Å². The number of rotatable bonds is 13. The highest BCUT2D eigenvalue weighted by Gasteiger charge is 2.49. The van der Waals surface area contributed by atoms with E-state index >= 15 is 0 Å². The summed E-state index contributed by atoms with van der Waals surface area (Å²) >= 11 is 0. The first-order valence-electron chi connectivity index (χ1n) is 12.1. The molecule has 0 amide bonds. The van der Waals surface area contributed by atoms with Crippen LogP contribution in [-0.2, 0) is 31.4 Å². The summed E-state index contributed by atoms with van der Waals surface area (Å²) in [5, 5.41) is 0. The normalized spacial score (nSPS) is 16.8. The van der Waals surface area contributed by atoms with Crippen molar-refractivity contribution in [2.24, 2.45) is 0 Å². The Morgan fingerprint density at radius 3 is 1.64 bits per heavy atom. The molecule has 0 saturated heterocycles. The molecule has 0 radical (unpaired) electrons. The zero-order chi connectivity index (χ0) is 25.3. The minimum absolute atomic E-state index is 0.0332. The second-order valence-corrected chi connectivity index (χ2v) is 28.6. The summed E-state index contributed by atoms with van der Waals surface area (Å²) in [5.74, 6) is -1.04. The lowest BCUT2D eigenvalue weighted by atomic mass is 9.98. The Labute approximate surface area is 205 Å². The van der Waals surface area contributed by atoms with Crippen molar-refractivity contribution >= 4 is 45.7 Å². The number of hydrogen-bond acceptors (Lipinski definition) is 7. The Hall–Kier alpha value is -0.572. The van der Waals surface area contributed by atoms with Gasteiger partial charge in [-0.2, -0.15) is 0 Å². The number of carbonyl (C=O) groups excluding carboxylic acids is 2. The molecule has 1 aliphatic rings. The maximum atomic E-state index is 12.1. The molecule has 11 heteroatoms. The second kappa shape index (κ2) is 12.9. The first kappa shape index (κ1) is 30.5. The monoisotopic (exact) mass is 534 g/mol. The molecule has 0 aromatic carbocycles. The van der Waals surface area contributed by atoms with Crippen molar-refractivity contribution in [3.05, 3.63) is 12.2 Å². The van der Waals surface area contributed by atoms with E-state index < -0.39 is 45.7 Å². The zero-order valence-corrected chi connectivity index (χ0v) is 26.2. The fraction of sp³-hybridized carbons (Fsp3) is 0.818. The highest BCUT2D eigenvalue weighted by atomic mass is 28.5. The molecule has 1 rings (SSSR count). The van der Waals surface area contributed by atoms with Gasteiger partial charge in [0.25, 0.3) is 0 Å². The third-order valence-electron chi connectivity index (χ3n) is 4.45. The van der Waals surface area contributed by atoms with Gasteiger partial charge in [0.2, 0.25) is 0 Å². The van der Waals surface area contributed by atoms with Gasteiger partial charge in [0.1, 0.15) is 6.10 Å². The van der Waals surface area contributed by atoms with E-state index in [1.54, 1.807) is 0 Å². The summed E-state index contributed by atoms with van der Waals surface area (Å²) in [6.45, 7) is 19.5. The summed E-state index contributed by atoms with van der Waals surface area (Å²) in [6, 6.07) is 0.604. The van der Waals surface area contributed by atoms with E-state index in [4.69, 9.17) is 21.8 Å². The number of hydrogen-bond donors (Lipinski definition) is 0. The Morgan fingerprint density at radius 2 is 1.18 bits per heavy atom. The Balaban J connectivity index is 2.65. The van der Waals surface area contributed by atoms with E-state index in [9.17, 15) is 9.59 Å². The minimum Gasteiger partial charge on any atom is -0.463 e. The molecule has 7 nitrogen and oxygen atoms in total. The fourth-order valence-corrected chi connectivity index (χ4v) is 18.3. The van der Waals surface area contributed by atoms with E-state index in [0.717, 1.165) is 37.8 Å². The largest absolute Gasteiger partial charge is 0.469 e. The van der Waals surface area contributed by atoms with Crippen LogP contribution in [0.5, 0.6) is 0 Å². The van der Waals surface area contributed by atoms with Gasteiger partial charge in [0, 0.05) is 18.2 Å². The van der Waals surface area contributed by atoms with Crippen molar-refractivity contribution < 1.29 is 31.4 Å². The van der Waals surface area contributed by atoms with Gasteiger partial charge < -0.3 is 21.8 Å². The standard InChI is InChI=1S/C22H46O7Si4/c1-30(2,3)27-33(28-31(4,5)6,29-32(7,8)9)19-13-18-25-21(23)16-17-22(24)26-20-14-11-10-12-15-20/h16-17,20H,10-15,18-19H2,1-9H3. The van der Waals surface area contributed by atoms with E-state index in [2.05, 4.69) is 58.9 Å². The lowest BCUT2D eigenvalue weighted by Gasteiger charge is -2.42. The Bertz CT molecular complexity index is 616. The molecule has 0 atom stereocenters. The third kappa shape index (κ3) is 15.1. The second-order valence-electron chi connectivity index (χ2n) is 11.6. The van der Waals surface area contributed by atoms with Gasteiger partial charge >= 0.3 is 20.7 Å². The van der Waals surface area contributed by atoms with Crippen LogP contribution >= 0.6 is 0 Å². The summed E-state index contributed by atoms with van der Waals surface area (Å²) < 4.78 is 30.6. The van der Waals surface area contributed by atoms with Crippen LogP contribution in [0, 0.1) is 0 Å². The molecule has 1 aliphatic carbocycles. The van der Waals surface area contributed by atoms with Gasteiger partial charge in [-0.15, -0.1) is 0 Å². The van der Waals surface area contributed by atoms with Gasteiger partial charge in [-0.3, -0.25) is 0 Å². The molecule has 0 aliphatic heterocycles. The van der Waals surface area contributed by atoms with Crippen LogP contribution in [0.4, 0.5) is 0 Å². The molecule has 0 unspecified atom stereocenters. The first-order chi connectivity index (χ1) is 15.0. The first-order valence-corrected chi connectivity index (χ1v) is 24.3. The molecule has 33 heavy (non-hydrogen) atoms. The van der Waals surface area contributed by atoms with Crippen LogP contribution in [0.2, 0.25) is 65.0 Å². The fourth-order valence-electron chi connectivity index (χ4n) is 3.65. The van der Waals surface area contributed by atoms with Gasteiger partial charge in [-0.05, 0) is 91.0 Å². The summed E-state index contributed by atoms with van der Waals surface area (Å²) in [5.41, 5.74) is 0. The number of ether oxygens (including phenoxy) is 2. The summed E-state index contributed by atoms with van der Waals surface area (Å²) in [4.78, 5) is 24.0. The number of esters is 2. The van der Waals surface area contributed by atoms with Crippen molar-refractivity contribution in [2.45, 2.75) is 110 Å². The van der Waals surface area contributed by atoms with Crippen molar-refractivity contribution in [3.63, 3.8) is 0 Å². The molecular formula is C22H46O7Si4. The highest BCUT2D eigenvalue weighted by molar-refractivity contribution is 6.90. The highest BCUT2D eigenvalue weighted by Crippen LogP contribution is 2.30. The van der Waals surface area contributed by atoms with Gasteiger partial charge in [0.15, 0.2) is 25.0 Å². The quantitative estimate of drug-likeness (QED) is 0.127. The van der Waals surface area contributed by atoms with Gasteiger partial charge in [-0.25, -0.2) is 9.59 Å². The smallest absolute Gasteiger partial charge is 0.463 e.